The number of aromatic nitrogens is 1. The van der Waals surface area contributed by atoms with Gasteiger partial charge in [-0.25, -0.2) is 0 Å². The van der Waals surface area contributed by atoms with Crippen LogP contribution in [-0.2, 0) is 0 Å². The molecule has 0 radical (unpaired) electrons. The number of nitrogens with zero attached hydrogens (tertiary/aromatic N) is 2. The van der Waals surface area contributed by atoms with E-state index in [1.165, 1.54) is 18.5 Å². The standard InChI is InChI=1S/C12H14BrF3N2O/c1-8(2)6-18(7-12(14,15)16)11(19)9-3-10(13)5-17-4-9/h3-5,8H,6-7H2,1-2H3. The van der Waals surface area contributed by atoms with E-state index in [0.717, 1.165) is 4.90 Å². The van der Waals surface area contributed by atoms with Crippen molar-refractivity contribution in [3.05, 3.63) is 28.5 Å². The zero-order valence-corrected chi connectivity index (χ0v) is 12.1. The van der Waals surface area contributed by atoms with Crippen LogP contribution in [0.4, 0.5) is 13.2 Å². The summed E-state index contributed by atoms with van der Waals surface area (Å²) in [5.41, 5.74) is 0.138. The number of alkyl halides is 3. The molecule has 0 fully saturated rings. The van der Waals surface area contributed by atoms with Gasteiger partial charge in [0.15, 0.2) is 0 Å². The third kappa shape index (κ3) is 5.59. The highest BCUT2D eigenvalue weighted by Gasteiger charge is 2.33. The monoisotopic (exact) mass is 338 g/mol. The molecule has 0 saturated heterocycles. The van der Waals surface area contributed by atoms with E-state index in [2.05, 4.69) is 20.9 Å². The third-order valence-electron chi connectivity index (χ3n) is 2.19. The lowest BCUT2D eigenvalue weighted by Crippen LogP contribution is -2.41. The molecular formula is C12H14BrF3N2O. The number of hydrogen-bond acceptors (Lipinski definition) is 2. The van der Waals surface area contributed by atoms with Gasteiger partial charge >= 0.3 is 6.18 Å². The number of halogens is 4. The Labute approximate surface area is 117 Å². The lowest BCUT2D eigenvalue weighted by molar-refractivity contribution is -0.141. The molecule has 7 heteroatoms. The Morgan fingerprint density at radius 1 is 1.42 bits per heavy atom. The van der Waals surface area contributed by atoms with Gasteiger partial charge in [-0.2, -0.15) is 13.2 Å². The highest BCUT2D eigenvalue weighted by molar-refractivity contribution is 9.10. The first-order chi connectivity index (χ1) is 8.69. The molecule has 0 spiro atoms. The first kappa shape index (κ1) is 15.9. The van der Waals surface area contributed by atoms with Crippen LogP contribution >= 0.6 is 15.9 Å². The zero-order chi connectivity index (χ0) is 14.6. The summed E-state index contributed by atoms with van der Waals surface area (Å²) in [5, 5.41) is 0. The van der Waals surface area contributed by atoms with E-state index < -0.39 is 18.6 Å². The van der Waals surface area contributed by atoms with Crippen molar-refractivity contribution in [1.29, 1.82) is 0 Å². The molecule has 19 heavy (non-hydrogen) atoms. The lowest BCUT2D eigenvalue weighted by atomic mass is 10.1. The largest absolute Gasteiger partial charge is 0.406 e. The summed E-state index contributed by atoms with van der Waals surface area (Å²) in [5.74, 6) is -0.716. The van der Waals surface area contributed by atoms with Crippen LogP contribution < -0.4 is 0 Å². The minimum atomic E-state index is -4.41. The molecule has 0 aromatic carbocycles. The van der Waals surface area contributed by atoms with Crippen LogP contribution in [0.25, 0.3) is 0 Å². The normalized spacial score (nSPS) is 11.7. The molecule has 0 saturated carbocycles. The number of amides is 1. The van der Waals surface area contributed by atoms with E-state index in [9.17, 15) is 18.0 Å². The van der Waals surface area contributed by atoms with Crippen LogP contribution in [0.5, 0.6) is 0 Å². The minimum absolute atomic E-state index is 0.0465. The van der Waals surface area contributed by atoms with Gasteiger partial charge in [-0.1, -0.05) is 13.8 Å². The summed E-state index contributed by atoms with van der Waals surface area (Å²) in [6.45, 7) is 2.31. The number of carbonyl (C=O) groups is 1. The predicted molar refractivity (Wildman–Crippen MR) is 68.7 cm³/mol. The summed E-state index contributed by atoms with van der Waals surface area (Å²) in [6, 6.07) is 1.46. The molecule has 0 unspecified atom stereocenters. The summed E-state index contributed by atoms with van der Waals surface area (Å²) < 4.78 is 38.0. The molecule has 1 rings (SSSR count). The predicted octanol–water partition coefficient (Wildman–Crippen LogP) is 3.50. The molecule has 106 valence electrons. The summed E-state index contributed by atoms with van der Waals surface area (Å²) in [7, 11) is 0. The van der Waals surface area contributed by atoms with Gasteiger partial charge < -0.3 is 4.90 Å². The maximum absolute atomic E-state index is 12.5. The molecule has 1 amide bonds. The van der Waals surface area contributed by atoms with Gasteiger partial charge in [-0.15, -0.1) is 0 Å². The van der Waals surface area contributed by atoms with E-state index in [0.29, 0.717) is 4.47 Å². The summed E-state index contributed by atoms with van der Waals surface area (Å²) >= 11 is 3.14. The Bertz CT molecular complexity index is 449. The first-order valence-corrected chi connectivity index (χ1v) is 6.45. The molecule has 1 aromatic heterocycles. The van der Waals surface area contributed by atoms with Gasteiger partial charge in [0.2, 0.25) is 0 Å². The smallest absolute Gasteiger partial charge is 0.329 e. The fourth-order valence-electron chi connectivity index (χ4n) is 1.59. The van der Waals surface area contributed by atoms with E-state index in [1.807, 2.05) is 0 Å². The fourth-order valence-corrected chi connectivity index (χ4v) is 1.95. The Morgan fingerprint density at radius 2 is 2.05 bits per heavy atom. The maximum atomic E-state index is 12.5. The molecule has 0 N–H and O–H groups in total. The van der Waals surface area contributed by atoms with E-state index >= 15 is 0 Å². The van der Waals surface area contributed by atoms with Gasteiger partial charge in [-0.3, -0.25) is 9.78 Å². The summed E-state index contributed by atoms with van der Waals surface area (Å²) in [4.78, 5) is 16.7. The molecule has 0 aliphatic heterocycles. The highest BCUT2D eigenvalue weighted by atomic mass is 79.9. The number of hydrogen-bond donors (Lipinski definition) is 0. The van der Waals surface area contributed by atoms with Crippen molar-refractivity contribution in [1.82, 2.24) is 9.88 Å². The minimum Gasteiger partial charge on any atom is -0.329 e. The van der Waals surface area contributed by atoms with Crippen LogP contribution in [0, 0.1) is 5.92 Å². The first-order valence-electron chi connectivity index (χ1n) is 5.65. The molecule has 3 nitrogen and oxygen atoms in total. The van der Waals surface area contributed by atoms with Crippen LogP contribution in [0.15, 0.2) is 22.9 Å². The van der Waals surface area contributed by atoms with Gasteiger partial charge in [0.25, 0.3) is 5.91 Å². The van der Waals surface area contributed by atoms with Crippen molar-refractivity contribution < 1.29 is 18.0 Å². The van der Waals surface area contributed by atoms with Crippen molar-refractivity contribution in [2.45, 2.75) is 20.0 Å². The second kappa shape index (κ2) is 6.36. The van der Waals surface area contributed by atoms with Crippen molar-refractivity contribution in [2.75, 3.05) is 13.1 Å². The van der Waals surface area contributed by atoms with Crippen LogP contribution in [0.1, 0.15) is 24.2 Å². The van der Waals surface area contributed by atoms with Gasteiger partial charge in [-0.05, 0) is 27.9 Å². The van der Waals surface area contributed by atoms with Crippen molar-refractivity contribution >= 4 is 21.8 Å². The third-order valence-corrected chi connectivity index (χ3v) is 2.63. The van der Waals surface area contributed by atoms with Gasteiger partial charge in [0, 0.05) is 23.4 Å². The Hall–Kier alpha value is -1.11. The Morgan fingerprint density at radius 3 is 2.53 bits per heavy atom. The zero-order valence-electron chi connectivity index (χ0n) is 10.5. The van der Waals surface area contributed by atoms with Crippen molar-refractivity contribution in [3.8, 4) is 0 Å². The van der Waals surface area contributed by atoms with Crippen LogP contribution in [0.3, 0.4) is 0 Å². The molecule has 1 aromatic rings. The SMILES string of the molecule is CC(C)CN(CC(F)(F)F)C(=O)c1cncc(Br)c1. The second-order valence-corrected chi connectivity index (χ2v) is 5.50. The van der Waals surface area contributed by atoms with Crippen molar-refractivity contribution in [3.63, 3.8) is 0 Å². The lowest BCUT2D eigenvalue weighted by Gasteiger charge is -2.25. The topological polar surface area (TPSA) is 33.2 Å². The van der Waals surface area contributed by atoms with Crippen molar-refractivity contribution in [2.24, 2.45) is 5.92 Å². The average molecular weight is 339 g/mol. The van der Waals surface area contributed by atoms with Gasteiger partial charge in [0.1, 0.15) is 6.54 Å². The fraction of sp³-hybridized carbons (Fsp3) is 0.500. The Balaban J connectivity index is 2.93. The molecular weight excluding hydrogens is 325 g/mol. The molecule has 0 aliphatic rings. The maximum Gasteiger partial charge on any atom is 0.406 e. The highest BCUT2D eigenvalue weighted by Crippen LogP contribution is 2.20. The number of pyridine rings is 1. The molecule has 0 bridgehead atoms. The number of rotatable bonds is 4. The number of carbonyl (C=O) groups excluding carboxylic acids is 1. The van der Waals surface area contributed by atoms with Gasteiger partial charge in [0.05, 0.1) is 5.56 Å². The molecule has 0 aliphatic carbocycles. The second-order valence-electron chi connectivity index (χ2n) is 4.59. The van der Waals surface area contributed by atoms with E-state index in [1.54, 1.807) is 13.8 Å². The quantitative estimate of drug-likeness (QED) is 0.841. The summed E-state index contributed by atoms with van der Waals surface area (Å²) in [6.07, 6.45) is -1.69. The van der Waals surface area contributed by atoms with Crippen LogP contribution in [-0.4, -0.2) is 35.1 Å². The molecule has 1 heterocycles. The van der Waals surface area contributed by atoms with E-state index in [-0.39, 0.29) is 18.0 Å². The van der Waals surface area contributed by atoms with E-state index in [4.69, 9.17) is 0 Å². The van der Waals surface area contributed by atoms with Crippen LogP contribution in [0.2, 0.25) is 0 Å². The average Bonchev–Trinajstić information content (AvgIpc) is 2.24. The molecule has 0 atom stereocenters. The Kier molecular flexibility index (Phi) is 5.34.